The Balaban J connectivity index is 1.75. The summed E-state index contributed by atoms with van der Waals surface area (Å²) < 4.78 is 0. The van der Waals surface area contributed by atoms with Gasteiger partial charge in [-0.1, -0.05) is 42.5 Å². The van der Waals surface area contributed by atoms with Gasteiger partial charge in [0.1, 0.15) is 5.69 Å². The van der Waals surface area contributed by atoms with Gasteiger partial charge in [0.25, 0.3) is 5.69 Å². The first-order valence-corrected chi connectivity index (χ1v) is 8.77. The van der Waals surface area contributed by atoms with Gasteiger partial charge in [0, 0.05) is 30.1 Å². The van der Waals surface area contributed by atoms with Gasteiger partial charge in [0.05, 0.1) is 11.5 Å². The first kappa shape index (κ1) is 18.7. The molecule has 1 heterocycles. The molecule has 1 aliphatic rings. The van der Waals surface area contributed by atoms with Crippen molar-refractivity contribution in [3.63, 3.8) is 0 Å². The molecule has 7 heteroatoms. The van der Waals surface area contributed by atoms with Gasteiger partial charge >= 0.3 is 0 Å². The fraction of sp³-hybridized carbons (Fsp3) is 0.300. The predicted molar refractivity (Wildman–Crippen MR) is 102 cm³/mol. The van der Waals surface area contributed by atoms with E-state index in [1.807, 2.05) is 25.1 Å². The third kappa shape index (κ3) is 4.20. The maximum Gasteiger partial charge on any atom is 0.292 e. The highest BCUT2D eigenvalue weighted by atomic mass is 16.6. The third-order valence-corrected chi connectivity index (χ3v) is 4.84. The van der Waals surface area contributed by atoms with E-state index in [9.17, 15) is 19.7 Å². The molecule has 0 aliphatic carbocycles. The molecule has 1 atom stereocenters. The quantitative estimate of drug-likeness (QED) is 0.481. The van der Waals surface area contributed by atoms with Crippen LogP contribution in [0.25, 0.3) is 0 Å². The number of amides is 1. The zero-order chi connectivity index (χ0) is 19.4. The lowest BCUT2D eigenvalue weighted by Crippen LogP contribution is -2.58. The second kappa shape index (κ2) is 7.67. The number of nitrogens with one attached hydrogen (secondary N) is 1. The smallest absolute Gasteiger partial charge is 0.292 e. The van der Waals surface area contributed by atoms with Gasteiger partial charge in [0.15, 0.2) is 5.78 Å². The molecule has 2 aromatic carbocycles. The lowest BCUT2D eigenvalue weighted by molar-refractivity contribution is -0.384. The van der Waals surface area contributed by atoms with Crippen molar-refractivity contribution in [3.05, 3.63) is 70.3 Å². The minimum atomic E-state index is -0.512. The Morgan fingerprint density at radius 1 is 1.19 bits per heavy atom. The van der Waals surface area contributed by atoms with Crippen molar-refractivity contribution >= 4 is 23.1 Å². The molecular weight excluding hydrogens is 346 g/mol. The molecule has 3 rings (SSSR count). The van der Waals surface area contributed by atoms with Gasteiger partial charge in [-0.3, -0.25) is 19.7 Å². The molecule has 0 saturated carbocycles. The van der Waals surface area contributed by atoms with Crippen LogP contribution in [0.4, 0.5) is 11.4 Å². The van der Waals surface area contributed by atoms with Crippen molar-refractivity contribution in [2.24, 2.45) is 0 Å². The molecule has 1 N–H and O–H groups in total. The Morgan fingerprint density at radius 3 is 2.56 bits per heavy atom. The summed E-state index contributed by atoms with van der Waals surface area (Å²) in [6.45, 7) is 2.33. The number of nitro groups is 1. The van der Waals surface area contributed by atoms with Crippen LogP contribution in [0.5, 0.6) is 0 Å². The van der Waals surface area contributed by atoms with Crippen LogP contribution in [-0.2, 0) is 4.79 Å². The standard InChI is InChI=1S/C20H21N3O4/c1-20(21-13-18(24)15-7-3-2-4-8-15)12-11-19(25)22(14-20)16-9-5-6-10-17(16)23(26)27/h2-10,21H,11-14H2,1H3. The van der Waals surface area contributed by atoms with Crippen molar-refractivity contribution in [2.45, 2.75) is 25.3 Å². The van der Waals surface area contributed by atoms with E-state index in [0.29, 0.717) is 12.0 Å². The second-order valence-electron chi connectivity index (χ2n) is 6.93. The molecule has 1 unspecified atom stereocenters. The molecule has 140 valence electrons. The molecule has 1 saturated heterocycles. The fourth-order valence-corrected chi connectivity index (χ4v) is 3.26. The Morgan fingerprint density at radius 2 is 1.85 bits per heavy atom. The van der Waals surface area contributed by atoms with Gasteiger partial charge in [-0.05, 0) is 19.4 Å². The summed E-state index contributed by atoms with van der Waals surface area (Å²) in [5.41, 5.74) is 0.295. The predicted octanol–water partition coefficient (Wildman–Crippen LogP) is 2.95. The average Bonchev–Trinajstić information content (AvgIpc) is 2.69. The minimum absolute atomic E-state index is 0.0361. The first-order chi connectivity index (χ1) is 12.9. The third-order valence-electron chi connectivity index (χ3n) is 4.84. The monoisotopic (exact) mass is 367 g/mol. The van der Waals surface area contributed by atoms with Gasteiger partial charge in [-0.25, -0.2) is 0 Å². The molecule has 27 heavy (non-hydrogen) atoms. The summed E-state index contributed by atoms with van der Waals surface area (Å²) >= 11 is 0. The molecule has 1 aliphatic heterocycles. The highest BCUT2D eigenvalue weighted by Crippen LogP contribution is 2.33. The topological polar surface area (TPSA) is 92.6 Å². The highest BCUT2D eigenvalue weighted by Gasteiger charge is 2.37. The number of piperidine rings is 1. The lowest BCUT2D eigenvalue weighted by atomic mass is 9.89. The van der Waals surface area contributed by atoms with Crippen LogP contribution in [0.2, 0.25) is 0 Å². The summed E-state index contributed by atoms with van der Waals surface area (Å²) in [5.74, 6) is -0.191. The molecule has 1 fully saturated rings. The normalized spacial score (nSPS) is 19.7. The maximum atomic E-state index is 12.4. The molecule has 0 aromatic heterocycles. The minimum Gasteiger partial charge on any atom is -0.305 e. The Bertz CT molecular complexity index is 869. The lowest BCUT2D eigenvalue weighted by Gasteiger charge is -2.40. The van der Waals surface area contributed by atoms with Crippen LogP contribution in [0.3, 0.4) is 0 Å². The number of hydrogen-bond donors (Lipinski definition) is 1. The van der Waals surface area contributed by atoms with Crippen molar-refractivity contribution in [1.82, 2.24) is 5.32 Å². The number of Topliss-reactive ketones (excluding diaryl/α,β-unsaturated/α-hetero) is 1. The zero-order valence-corrected chi connectivity index (χ0v) is 15.1. The van der Waals surface area contributed by atoms with Gasteiger partial charge < -0.3 is 10.2 Å². The van der Waals surface area contributed by atoms with E-state index in [2.05, 4.69) is 5.32 Å². The van der Waals surface area contributed by atoms with Gasteiger partial charge in [-0.2, -0.15) is 0 Å². The van der Waals surface area contributed by atoms with E-state index in [1.165, 1.54) is 11.0 Å². The van der Waals surface area contributed by atoms with Crippen LogP contribution in [0.15, 0.2) is 54.6 Å². The van der Waals surface area contributed by atoms with Crippen molar-refractivity contribution in [2.75, 3.05) is 18.0 Å². The summed E-state index contributed by atoms with van der Waals surface area (Å²) in [5, 5.41) is 14.6. The number of nitro benzene ring substituents is 1. The molecule has 0 spiro atoms. The number of carbonyl (C=O) groups excluding carboxylic acids is 2. The molecule has 0 radical (unpaired) electrons. The number of hydrogen-bond acceptors (Lipinski definition) is 5. The van der Waals surface area contributed by atoms with E-state index < -0.39 is 10.5 Å². The summed E-state index contributed by atoms with van der Waals surface area (Å²) in [7, 11) is 0. The Labute approximate surface area is 157 Å². The van der Waals surface area contributed by atoms with Crippen LogP contribution >= 0.6 is 0 Å². The summed E-state index contributed by atoms with van der Waals surface area (Å²) in [4.78, 5) is 37.1. The molecule has 7 nitrogen and oxygen atoms in total. The van der Waals surface area contributed by atoms with E-state index in [-0.39, 0.29) is 42.6 Å². The van der Waals surface area contributed by atoms with Crippen molar-refractivity contribution in [3.8, 4) is 0 Å². The van der Waals surface area contributed by atoms with Crippen LogP contribution in [0.1, 0.15) is 30.1 Å². The molecule has 1 amide bonds. The van der Waals surface area contributed by atoms with Crippen molar-refractivity contribution in [1.29, 1.82) is 0 Å². The number of anilines is 1. The van der Waals surface area contributed by atoms with E-state index in [4.69, 9.17) is 0 Å². The number of rotatable bonds is 6. The van der Waals surface area contributed by atoms with E-state index >= 15 is 0 Å². The Kier molecular flexibility index (Phi) is 5.32. The van der Waals surface area contributed by atoms with E-state index in [1.54, 1.807) is 30.3 Å². The largest absolute Gasteiger partial charge is 0.305 e. The Hall–Kier alpha value is -3.06. The van der Waals surface area contributed by atoms with Crippen LogP contribution in [-0.4, -0.2) is 35.2 Å². The number of benzene rings is 2. The van der Waals surface area contributed by atoms with Gasteiger partial charge in [-0.15, -0.1) is 0 Å². The number of ketones is 1. The highest BCUT2D eigenvalue weighted by molar-refractivity contribution is 5.98. The SMILES string of the molecule is CC1(NCC(=O)c2ccccc2)CCC(=O)N(c2ccccc2[N+](=O)[O-])C1. The summed E-state index contributed by atoms with van der Waals surface area (Å²) in [6.07, 6.45) is 0.820. The average molecular weight is 367 g/mol. The summed E-state index contributed by atoms with van der Waals surface area (Å²) in [6, 6.07) is 15.2. The van der Waals surface area contributed by atoms with E-state index in [0.717, 1.165) is 0 Å². The maximum absolute atomic E-state index is 12.4. The fourth-order valence-electron chi connectivity index (χ4n) is 3.26. The first-order valence-electron chi connectivity index (χ1n) is 8.77. The number of para-hydroxylation sites is 2. The van der Waals surface area contributed by atoms with Gasteiger partial charge in [0.2, 0.25) is 5.91 Å². The second-order valence-corrected chi connectivity index (χ2v) is 6.93. The molecule has 0 bridgehead atoms. The zero-order valence-electron chi connectivity index (χ0n) is 15.1. The van der Waals surface area contributed by atoms with Crippen LogP contribution in [0, 0.1) is 10.1 Å². The number of nitrogens with zero attached hydrogens (tertiary/aromatic N) is 2. The molecular formula is C20H21N3O4. The van der Waals surface area contributed by atoms with Crippen LogP contribution < -0.4 is 10.2 Å². The number of carbonyl (C=O) groups is 2. The van der Waals surface area contributed by atoms with Crippen molar-refractivity contribution < 1.29 is 14.5 Å². The molecule has 2 aromatic rings.